The summed E-state index contributed by atoms with van der Waals surface area (Å²) in [5.41, 5.74) is 9.33. The number of amides is 1. The number of anilines is 2. The van der Waals surface area contributed by atoms with Gasteiger partial charge >= 0.3 is 0 Å². The molecule has 3 N–H and O–H groups in total. The van der Waals surface area contributed by atoms with Gasteiger partial charge in [0.15, 0.2) is 0 Å². The average Bonchev–Trinajstić information content (AvgIpc) is 2.74. The van der Waals surface area contributed by atoms with Gasteiger partial charge in [0, 0.05) is 35.7 Å². The minimum absolute atomic E-state index is 0.184. The first-order chi connectivity index (χ1) is 14.9. The lowest BCUT2D eigenvalue weighted by molar-refractivity contribution is 0.0917. The maximum atomic E-state index is 12.8. The first-order valence-corrected chi connectivity index (χ1v) is 9.85. The normalized spacial score (nSPS) is 11.2. The van der Waals surface area contributed by atoms with Crippen molar-refractivity contribution in [3.8, 4) is 17.6 Å². The van der Waals surface area contributed by atoms with E-state index < -0.39 is 0 Å². The predicted molar refractivity (Wildman–Crippen MR) is 122 cm³/mol. The lowest BCUT2D eigenvalue weighted by Gasteiger charge is -2.15. The third-order valence-corrected chi connectivity index (χ3v) is 4.30. The Bertz CT molecular complexity index is 1110. The van der Waals surface area contributed by atoms with Gasteiger partial charge in [0.1, 0.15) is 17.7 Å². The molecule has 158 valence electrons. The van der Waals surface area contributed by atoms with Crippen molar-refractivity contribution in [3.63, 3.8) is 0 Å². The van der Waals surface area contributed by atoms with Crippen LogP contribution in [0.4, 0.5) is 11.5 Å². The smallest absolute Gasteiger partial charge is 0.256 e. The number of nitrogens with two attached hydrogens (primary N) is 1. The molecule has 6 nitrogen and oxygen atoms in total. The first kappa shape index (κ1) is 21.9. The molecule has 31 heavy (non-hydrogen) atoms. The van der Waals surface area contributed by atoms with Crippen molar-refractivity contribution in [2.45, 2.75) is 20.0 Å². The summed E-state index contributed by atoms with van der Waals surface area (Å²) in [5.74, 6) is 6.87. The van der Waals surface area contributed by atoms with Gasteiger partial charge in [0.25, 0.3) is 5.91 Å². The summed E-state index contributed by atoms with van der Waals surface area (Å²) in [6, 6.07) is 16.2. The van der Waals surface area contributed by atoms with Crippen LogP contribution in [0.1, 0.15) is 34.0 Å². The zero-order valence-corrected chi connectivity index (χ0v) is 17.8. The number of hydrogen-bond acceptors (Lipinski definition) is 5. The number of nitrogen functional groups attached to an aromatic ring is 1. The minimum Gasteiger partial charge on any atom is -0.488 e. The van der Waals surface area contributed by atoms with Gasteiger partial charge < -0.3 is 20.5 Å². The number of methoxy groups -OCH3 is 1. The lowest BCUT2D eigenvalue weighted by atomic mass is 10.1. The Morgan fingerprint density at radius 2 is 1.94 bits per heavy atom. The summed E-state index contributed by atoms with van der Waals surface area (Å²) in [6.45, 7) is 4.25. The summed E-state index contributed by atoms with van der Waals surface area (Å²) in [7, 11) is 1.61. The Morgan fingerprint density at radius 1 is 1.13 bits per heavy atom. The van der Waals surface area contributed by atoms with Crippen LogP contribution < -0.4 is 15.8 Å². The topological polar surface area (TPSA) is 86.5 Å². The SMILES string of the molecule is COC[C@H](C)Oc1cc(C#Cc2cccc(N)c2)cc(C(=O)Nc2ccc(C)cn2)c1. The van der Waals surface area contributed by atoms with Crippen LogP contribution >= 0.6 is 0 Å². The maximum absolute atomic E-state index is 12.8. The molecule has 2 aromatic carbocycles. The van der Waals surface area contributed by atoms with Crippen LogP contribution in [0.15, 0.2) is 60.8 Å². The molecule has 1 aromatic heterocycles. The second-order valence-electron chi connectivity index (χ2n) is 7.18. The van der Waals surface area contributed by atoms with Gasteiger partial charge in [-0.25, -0.2) is 4.98 Å². The van der Waals surface area contributed by atoms with Gasteiger partial charge in [0.2, 0.25) is 0 Å². The molecule has 1 atom stereocenters. The number of nitrogens with one attached hydrogen (secondary N) is 1. The number of hydrogen-bond donors (Lipinski definition) is 2. The summed E-state index contributed by atoms with van der Waals surface area (Å²) < 4.78 is 11.1. The number of ether oxygens (including phenoxy) is 2. The van der Waals surface area contributed by atoms with E-state index in [9.17, 15) is 4.79 Å². The molecular weight excluding hydrogens is 390 g/mol. The van der Waals surface area contributed by atoms with Crippen LogP contribution in [0.3, 0.4) is 0 Å². The average molecular weight is 415 g/mol. The zero-order chi connectivity index (χ0) is 22.2. The monoisotopic (exact) mass is 415 g/mol. The second-order valence-corrected chi connectivity index (χ2v) is 7.18. The highest BCUT2D eigenvalue weighted by molar-refractivity contribution is 6.04. The minimum atomic E-state index is -0.298. The molecule has 0 saturated carbocycles. The third-order valence-electron chi connectivity index (χ3n) is 4.30. The highest BCUT2D eigenvalue weighted by Gasteiger charge is 2.12. The van der Waals surface area contributed by atoms with E-state index in [2.05, 4.69) is 22.1 Å². The van der Waals surface area contributed by atoms with Crippen molar-refractivity contribution in [1.29, 1.82) is 0 Å². The van der Waals surface area contributed by atoms with E-state index in [1.165, 1.54) is 0 Å². The van der Waals surface area contributed by atoms with E-state index in [1.54, 1.807) is 49.7 Å². The third kappa shape index (κ3) is 6.59. The fourth-order valence-corrected chi connectivity index (χ4v) is 2.86. The molecule has 3 aromatic rings. The van der Waals surface area contributed by atoms with Crippen molar-refractivity contribution in [2.75, 3.05) is 24.8 Å². The van der Waals surface area contributed by atoms with Crippen molar-refractivity contribution in [1.82, 2.24) is 4.98 Å². The maximum Gasteiger partial charge on any atom is 0.256 e. The van der Waals surface area contributed by atoms with E-state index in [-0.39, 0.29) is 12.0 Å². The number of rotatable bonds is 6. The van der Waals surface area contributed by atoms with E-state index in [4.69, 9.17) is 15.2 Å². The standard InChI is InChI=1S/C25H25N3O3/c1-17-7-10-24(27-15-17)28-25(29)21-11-20(9-8-19-5-4-6-22(26)12-19)13-23(14-21)31-18(2)16-30-3/h4-7,10-15,18H,16,26H2,1-3H3,(H,27,28,29)/t18-/m0/s1. The molecule has 0 saturated heterocycles. The Hall–Kier alpha value is -3.82. The molecule has 0 aliphatic heterocycles. The van der Waals surface area contributed by atoms with Gasteiger partial charge in [-0.1, -0.05) is 24.0 Å². The zero-order valence-electron chi connectivity index (χ0n) is 17.8. The largest absolute Gasteiger partial charge is 0.488 e. The Morgan fingerprint density at radius 3 is 2.65 bits per heavy atom. The van der Waals surface area contributed by atoms with Crippen molar-refractivity contribution >= 4 is 17.4 Å². The van der Waals surface area contributed by atoms with Crippen LogP contribution in [-0.2, 0) is 4.74 Å². The number of aromatic nitrogens is 1. The molecule has 3 rings (SSSR count). The molecule has 0 spiro atoms. The van der Waals surface area contributed by atoms with E-state index in [0.29, 0.717) is 35.0 Å². The molecule has 0 bridgehead atoms. The molecule has 1 heterocycles. The molecule has 0 aliphatic carbocycles. The molecule has 0 radical (unpaired) electrons. The van der Waals surface area contributed by atoms with E-state index >= 15 is 0 Å². The van der Waals surface area contributed by atoms with Gasteiger partial charge in [-0.05, 0) is 61.9 Å². The molecule has 1 amide bonds. The summed E-state index contributed by atoms with van der Waals surface area (Å²) >= 11 is 0. The van der Waals surface area contributed by atoms with Gasteiger partial charge in [0.05, 0.1) is 6.61 Å². The Balaban J connectivity index is 1.90. The van der Waals surface area contributed by atoms with Crippen LogP contribution in [0, 0.1) is 18.8 Å². The highest BCUT2D eigenvalue weighted by Crippen LogP contribution is 2.20. The Labute approximate surface area is 182 Å². The van der Waals surface area contributed by atoms with Gasteiger partial charge in [-0.2, -0.15) is 0 Å². The van der Waals surface area contributed by atoms with Crippen LogP contribution in [0.25, 0.3) is 0 Å². The van der Waals surface area contributed by atoms with E-state index in [1.807, 2.05) is 32.0 Å². The number of aryl methyl sites for hydroxylation is 1. The van der Waals surface area contributed by atoms with Gasteiger partial charge in [-0.15, -0.1) is 0 Å². The molecule has 0 unspecified atom stereocenters. The molecule has 0 fully saturated rings. The van der Waals surface area contributed by atoms with Crippen LogP contribution in [0.2, 0.25) is 0 Å². The van der Waals surface area contributed by atoms with Crippen LogP contribution in [0.5, 0.6) is 5.75 Å². The van der Waals surface area contributed by atoms with Gasteiger partial charge in [-0.3, -0.25) is 4.79 Å². The van der Waals surface area contributed by atoms with Crippen molar-refractivity contribution in [2.24, 2.45) is 0 Å². The number of benzene rings is 2. The number of carbonyl (C=O) groups excluding carboxylic acids is 1. The number of pyridine rings is 1. The molecular formula is C25H25N3O3. The summed E-state index contributed by atoms with van der Waals surface area (Å²) in [6.07, 6.45) is 1.51. The molecule has 6 heteroatoms. The summed E-state index contributed by atoms with van der Waals surface area (Å²) in [4.78, 5) is 17.1. The number of carbonyl (C=O) groups is 1. The molecule has 0 aliphatic rings. The second kappa shape index (κ2) is 10.3. The lowest BCUT2D eigenvalue weighted by Crippen LogP contribution is -2.19. The quantitative estimate of drug-likeness (QED) is 0.469. The number of nitrogens with zero attached hydrogens (tertiary/aromatic N) is 1. The fourth-order valence-electron chi connectivity index (χ4n) is 2.86. The van der Waals surface area contributed by atoms with E-state index in [0.717, 1.165) is 11.1 Å². The highest BCUT2D eigenvalue weighted by atomic mass is 16.5. The van der Waals surface area contributed by atoms with Crippen molar-refractivity contribution in [3.05, 3.63) is 83.0 Å². The first-order valence-electron chi connectivity index (χ1n) is 9.85. The van der Waals surface area contributed by atoms with Crippen molar-refractivity contribution < 1.29 is 14.3 Å². The Kier molecular flexibility index (Phi) is 7.26. The fraction of sp³-hybridized carbons (Fsp3) is 0.200. The summed E-state index contributed by atoms with van der Waals surface area (Å²) in [5, 5.41) is 2.80. The predicted octanol–water partition coefficient (Wildman–Crippen LogP) is 4.04. The van der Waals surface area contributed by atoms with Crippen LogP contribution in [-0.4, -0.2) is 30.7 Å².